The number of aryl methyl sites for hydroxylation is 2. The van der Waals surface area contributed by atoms with E-state index in [4.69, 9.17) is 0 Å². The molecule has 3 rings (SSSR count). The summed E-state index contributed by atoms with van der Waals surface area (Å²) in [4.78, 5) is 13.9. The molecule has 1 saturated heterocycles. The van der Waals surface area contributed by atoms with E-state index in [-0.39, 0.29) is 9.79 Å². The van der Waals surface area contributed by atoms with Gasteiger partial charge in [-0.3, -0.25) is 4.90 Å². The van der Waals surface area contributed by atoms with Crippen LogP contribution in [0.25, 0.3) is 0 Å². The van der Waals surface area contributed by atoms with Crippen molar-refractivity contribution >= 4 is 26.1 Å². The zero-order chi connectivity index (χ0) is 20.9. The summed E-state index contributed by atoms with van der Waals surface area (Å²) < 4.78 is 53.0. The summed E-state index contributed by atoms with van der Waals surface area (Å²) in [5, 5.41) is 0. The molecule has 2 amide bonds. The van der Waals surface area contributed by atoms with E-state index < -0.39 is 32.4 Å². The highest BCUT2D eigenvalue weighted by atomic mass is 32.2. The molecule has 2 aromatic rings. The number of urea groups is 1. The van der Waals surface area contributed by atoms with E-state index in [9.17, 15) is 21.6 Å². The van der Waals surface area contributed by atoms with Crippen molar-refractivity contribution < 1.29 is 21.6 Å². The molecule has 2 aromatic carbocycles. The number of amides is 2. The SMILES string of the molecule is Cc1ccc(S(=O)(=O)N2C(=O)N(S(=O)(=O)c3ccc(C)cc3)C2N(C)C)cc1. The minimum atomic E-state index is -4.21. The summed E-state index contributed by atoms with van der Waals surface area (Å²) in [5.74, 6) is 0. The van der Waals surface area contributed by atoms with Crippen LogP contribution in [0.2, 0.25) is 0 Å². The highest BCUT2D eigenvalue weighted by molar-refractivity contribution is 7.91. The third-order valence-electron chi connectivity index (χ3n) is 4.41. The summed E-state index contributed by atoms with van der Waals surface area (Å²) in [6.07, 6.45) is -1.29. The molecule has 0 aliphatic carbocycles. The van der Waals surface area contributed by atoms with E-state index in [1.54, 1.807) is 24.3 Å². The van der Waals surface area contributed by atoms with Gasteiger partial charge in [-0.1, -0.05) is 35.4 Å². The predicted octanol–water partition coefficient (Wildman–Crippen LogP) is 1.96. The first kappa shape index (κ1) is 20.3. The Labute approximate surface area is 165 Å². The monoisotopic (exact) mass is 423 g/mol. The summed E-state index contributed by atoms with van der Waals surface area (Å²) in [7, 11) is -5.40. The molecule has 1 heterocycles. The molecule has 8 nitrogen and oxygen atoms in total. The van der Waals surface area contributed by atoms with E-state index in [0.717, 1.165) is 11.1 Å². The Hall–Kier alpha value is -2.43. The Morgan fingerprint density at radius 2 is 1.04 bits per heavy atom. The van der Waals surface area contributed by atoms with Gasteiger partial charge in [0.25, 0.3) is 20.0 Å². The Balaban J connectivity index is 2.02. The van der Waals surface area contributed by atoms with Crippen molar-refractivity contribution in [3.63, 3.8) is 0 Å². The van der Waals surface area contributed by atoms with E-state index in [1.165, 1.54) is 43.3 Å². The van der Waals surface area contributed by atoms with E-state index in [2.05, 4.69) is 0 Å². The first-order valence-corrected chi connectivity index (χ1v) is 11.3. The molecule has 0 bridgehead atoms. The summed E-state index contributed by atoms with van der Waals surface area (Å²) in [6, 6.07) is 10.9. The van der Waals surface area contributed by atoms with Crippen LogP contribution in [0.1, 0.15) is 11.1 Å². The predicted molar refractivity (Wildman–Crippen MR) is 103 cm³/mol. The molecule has 1 fully saturated rings. The lowest BCUT2D eigenvalue weighted by atomic mass is 10.2. The van der Waals surface area contributed by atoms with E-state index in [1.807, 2.05) is 13.8 Å². The van der Waals surface area contributed by atoms with Crippen LogP contribution in [0.4, 0.5) is 4.79 Å². The van der Waals surface area contributed by atoms with Crippen molar-refractivity contribution in [2.24, 2.45) is 0 Å². The van der Waals surface area contributed by atoms with Crippen LogP contribution in [0.15, 0.2) is 58.3 Å². The zero-order valence-electron chi connectivity index (χ0n) is 15.9. The van der Waals surface area contributed by atoms with Gasteiger partial charge in [-0.2, -0.15) is 8.61 Å². The highest BCUT2D eigenvalue weighted by Gasteiger charge is 2.58. The number of hydrogen-bond acceptors (Lipinski definition) is 6. The van der Waals surface area contributed by atoms with Gasteiger partial charge in [0.15, 0.2) is 6.29 Å². The standard InChI is InChI=1S/C18H21N3O5S2/c1-13-5-9-15(10-6-13)27(23,24)20-17(19(3)4)21(18(20)22)28(25,26)16-11-7-14(2)8-12-16/h5-12,17H,1-4H3. The molecule has 1 aliphatic heterocycles. The second-order valence-corrected chi connectivity index (χ2v) is 10.5. The van der Waals surface area contributed by atoms with Gasteiger partial charge in [0.05, 0.1) is 9.79 Å². The molecule has 1 aliphatic rings. The number of rotatable bonds is 5. The average molecular weight is 424 g/mol. The molecule has 0 unspecified atom stereocenters. The van der Waals surface area contributed by atoms with Crippen LogP contribution < -0.4 is 0 Å². The lowest BCUT2D eigenvalue weighted by Gasteiger charge is -2.49. The maximum Gasteiger partial charge on any atom is 0.353 e. The maximum absolute atomic E-state index is 13.0. The first-order chi connectivity index (χ1) is 13.0. The fraction of sp³-hybridized carbons (Fsp3) is 0.278. The topological polar surface area (TPSA) is 95.1 Å². The Morgan fingerprint density at radius 3 is 1.32 bits per heavy atom. The van der Waals surface area contributed by atoms with Crippen LogP contribution in [0.5, 0.6) is 0 Å². The lowest BCUT2D eigenvalue weighted by molar-refractivity contribution is 0.0127. The van der Waals surface area contributed by atoms with Gasteiger partial charge < -0.3 is 0 Å². The molecule has 0 aromatic heterocycles. The minimum absolute atomic E-state index is 0.0781. The summed E-state index contributed by atoms with van der Waals surface area (Å²) in [6.45, 7) is 3.62. The second-order valence-electron chi connectivity index (χ2n) is 6.82. The Bertz CT molecular complexity index is 1020. The molecule has 0 atom stereocenters. The van der Waals surface area contributed by atoms with Crippen molar-refractivity contribution in [3.8, 4) is 0 Å². The molecular weight excluding hydrogens is 402 g/mol. The quantitative estimate of drug-likeness (QED) is 0.730. The first-order valence-electron chi connectivity index (χ1n) is 8.40. The fourth-order valence-electron chi connectivity index (χ4n) is 2.85. The Morgan fingerprint density at radius 1 is 0.714 bits per heavy atom. The van der Waals surface area contributed by atoms with Gasteiger partial charge in [-0.05, 0) is 52.2 Å². The molecule has 10 heteroatoms. The molecule has 150 valence electrons. The molecule has 28 heavy (non-hydrogen) atoms. The van der Waals surface area contributed by atoms with Crippen molar-refractivity contribution in [2.75, 3.05) is 14.1 Å². The van der Waals surface area contributed by atoms with Gasteiger partial charge in [0, 0.05) is 0 Å². The van der Waals surface area contributed by atoms with Gasteiger partial charge >= 0.3 is 6.03 Å². The molecule has 0 spiro atoms. The van der Waals surface area contributed by atoms with Crippen LogP contribution in [-0.4, -0.2) is 56.8 Å². The third kappa shape index (κ3) is 3.17. The highest BCUT2D eigenvalue weighted by Crippen LogP contribution is 2.35. The van der Waals surface area contributed by atoms with Crippen LogP contribution in [-0.2, 0) is 20.0 Å². The van der Waals surface area contributed by atoms with Crippen molar-refractivity contribution in [2.45, 2.75) is 29.9 Å². The normalized spacial score (nSPS) is 15.8. The van der Waals surface area contributed by atoms with Crippen molar-refractivity contribution in [3.05, 3.63) is 59.7 Å². The van der Waals surface area contributed by atoms with Crippen molar-refractivity contribution in [1.29, 1.82) is 0 Å². The molecule has 0 radical (unpaired) electrons. The number of benzene rings is 2. The maximum atomic E-state index is 13.0. The summed E-state index contributed by atoms with van der Waals surface area (Å²) in [5.41, 5.74) is 1.73. The fourth-order valence-corrected chi connectivity index (χ4v) is 6.03. The van der Waals surface area contributed by atoms with Crippen molar-refractivity contribution in [1.82, 2.24) is 13.5 Å². The van der Waals surface area contributed by atoms with E-state index in [0.29, 0.717) is 8.61 Å². The van der Waals surface area contributed by atoms with Gasteiger partial charge in [-0.25, -0.2) is 21.6 Å². The van der Waals surface area contributed by atoms with Crippen LogP contribution in [0.3, 0.4) is 0 Å². The number of nitrogens with zero attached hydrogens (tertiary/aromatic N) is 3. The number of hydrogen-bond donors (Lipinski definition) is 0. The third-order valence-corrected chi connectivity index (χ3v) is 7.88. The number of carbonyl (C=O) groups excluding carboxylic acids is 1. The smallest absolute Gasteiger partial charge is 0.270 e. The zero-order valence-corrected chi connectivity index (χ0v) is 17.5. The van der Waals surface area contributed by atoms with Gasteiger partial charge in [0.2, 0.25) is 0 Å². The average Bonchev–Trinajstić information content (AvgIpc) is 2.59. The molecule has 0 N–H and O–H groups in total. The summed E-state index contributed by atoms with van der Waals surface area (Å²) >= 11 is 0. The van der Waals surface area contributed by atoms with Crippen LogP contribution in [0, 0.1) is 13.8 Å². The number of carbonyl (C=O) groups is 1. The lowest BCUT2D eigenvalue weighted by Crippen LogP contribution is -2.74. The number of sulfonamides is 2. The van der Waals surface area contributed by atoms with E-state index >= 15 is 0 Å². The minimum Gasteiger partial charge on any atom is -0.270 e. The Kier molecular flexibility index (Phi) is 4.98. The van der Waals surface area contributed by atoms with Crippen LogP contribution >= 0.6 is 0 Å². The molecular formula is C18H21N3O5S2. The van der Waals surface area contributed by atoms with Gasteiger partial charge in [0.1, 0.15) is 0 Å². The van der Waals surface area contributed by atoms with Gasteiger partial charge in [-0.15, -0.1) is 0 Å². The molecule has 0 saturated carbocycles. The second kappa shape index (κ2) is 6.87. The largest absolute Gasteiger partial charge is 0.353 e.